The van der Waals surface area contributed by atoms with Crippen molar-refractivity contribution in [3.05, 3.63) is 94.3 Å². The maximum absolute atomic E-state index is 6.63. The minimum Gasteiger partial charge on any atom is -0.350 e. The van der Waals surface area contributed by atoms with Crippen molar-refractivity contribution in [3.8, 4) is 0 Å². The van der Waals surface area contributed by atoms with Gasteiger partial charge < -0.3 is 4.57 Å². The molecule has 27 heavy (non-hydrogen) atoms. The van der Waals surface area contributed by atoms with Crippen LogP contribution in [-0.4, -0.2) is 16.0 Å². The number of benzene rings is 2. The molecule has 1 aromatic heterocycles. The summed E-state index contributed by atoms with van der Waals surface area (Å²) < 4.78 is 2.38. The van der Waals surface area contributed by atoms with E-state index in [-0.39, 0.29) is 6.04 Å². The van der Waals surface area contributed by atoms with Gasteiger partial charge in [-0.05, 0) is 47.2 Å². The van der Waals surface area contributed by atoms with E-state index in [0.29, 0.717) is 5.92 Å². The third-order valence-corrected chi connectivity index (χ3v) is 5.93. The number of halogens is 1. The SMILES string of the molecule is CC(C)c1ccc(CN2CCCn3cccc3C2c2ccccc2Cl)cc1. The number of hydrogen-bond donors (Lipinski definition) is 0. The minimum atomic E-state index is 0.181. The lowest BCUT2D eigenvalue weighted by molar-refractivity contribution is 0.220. The zero-order chi connectivity index (χ0) is 18.8. The first kappa shape index (κ1) is 18.3. The second kappa shape index (κ2) is 7.92. The molecule has 0 fully saturated rings. The van der Waals surface area contributed by atoms with Crippen LogP contribution >= 0.6 is 11.6 Å². The highest BCUT2D eigenvalue weighted by Gasteiger charge is 2.28. The van der Waals surface area contributed by atoms with Crippen LogP contribution in [0.15, 0.2) is 66.9 Å². The lowest BCUT2D eigenvalue weighted by Gasteiger charge is -2.31. The summed E-state index contributed by atoms with van der Waals surface area (Å²) in [5, 5.41) is 0.845. The fraction of sp³-hybridized carbons (Fsp3) is 0.333. The summed E-state index contributed by atoms with van der Waals surface area (Å²) in [6.07, 6.45) is 3.34. The molecule has 0 amide bonds. The van der Waals surface area contributed by atoms with Gasteiger partial charge in [-0.15, -0.1) is 0 Å². The van der Waals surface area contributed by atoms with E-state index >= 15 is 0 Å². The molecule has 0 bridgehead atoms. The van der Waals surface area contributed by atoms with Crippen molar-refractivity contribution in [2.75, 3.05) is 6.54 Å². The number of aromatic nitrogens is 1. The van der Waals surface area contributed by atoms with E-state index in [0.717, 1.165) is 31.1 Å². The quantitative estimate of drug-likeness (QED) is 0.520. The molecule has 2 nitrogen and oxygen atoms in total. The molecule has 4 rings (SSSR count). The molecular formula is C24H27ClN2. The summed E-state index contributed by atoms with van der Waals surface area (Å²) >= 11 is 6.63. The van der Waals surface area contributed by atoms with Crippen LogP contribution in [0.2, 0.25) is 5.02 Å². The highest BCUT2D eigenvalue weighted by atomic mass is 35.5. The van der Waals surface area contributed by atoms with Gasteiger partial charge in [0.05, 0.1) is 6.04 Å². The van der Waals surface area contributed by atoms with Gasteiger partial charge >= 0.3 is 0 Å². The monoisotopic (exact) mass is 378 g/mol. The normalized spacial score (nSPS) is 17.7. The van der Waals surface area contributed by atoms with Gasteiger partial charge in [0.1, 0.15) is 0 Å². The van der Waals surface area contributed by atoms with Gasteiger partial charge in [0.2, 0.25) is 0 Å². The molecule has 0 aliphatic carbocycles. The molecule has 1 aliphatic heterocycles. The van der Waals surface area contributed by atoms with E-state index in [1.165, 1.54) is 22.4 Å². The van der Waals surface area contributed by atoms with Crippen molar-refractivity contribution >= 4 is 11.6 Å². The standard InChI is InChI=1S/C24H27ClN2/c1-18(2)20-12-10-19(11-13-20)17-27-16-6-15-26-14-5-9-23(26)24(27)21-7-3-4-8-22(21)25/h3-5,7-14,18,24H,6,15-17H2,1-2H3. The summed E-state index contributed by atoms with van der Waals surface area (Å²) in [5.41, 5.74) is 5.28. The van der Waals surface area contributed by atoms with E-state index < -0.39 is 0 Å². The predicted octanol–water partition coefficient (Wildman–Crippen LogP) is 6.26. The smallest absolute Gasteiger partial charge is 0.0773 e. The largest absolute Gasteiger partial charge is 0.350 e. The fourth-order valence-corrected chi connectivity index (χ4v) is 4.34. The average Bonchev–Trinajstić information content (AvgIpc) is 3.05. The molecule has 0 radical (unpaired) electrons. The van der Waals surface area contributed by atoms with Crippen LogP contribution in [0, 0.1) is 0 Å². The molecular weight excluding hydrogens is 352 g/mol. The van der Waals surface area contributed by atoms with E-state index in [4.69, 9.17) is 11.6 Å². The molecule has 1 unspecified atom stereocenters. The lowest BCUT2D eigenvalue weighted by Crippen LogP contribution is -2.29. The number of rotatable bonds is 4. The molecule has 0 N–H and O–H groups in total. The Morgan fingerprint density at radius 1 is 0.963 bits per heavy atom. The average molecular weight is 379 g/mol. The maximum atomic E-state index is 6.63. The van der Waals surface area contributed by atoms with Crippen molar-refractivity contribution in [2.45, 2.75) is 45.3 Å². The number of hydrogen-bond acceptors (Lipinski definition) is 1. The Labute approximate surface area is 167 Å². The summed E-state index contributed by atoms with van der Waals surface area (Å²) in [6.45, 7) is 7.53. The Balaban J connectivity index is 1.70. The molecule has 0 saturated heterocycles. The molecule has 3 aromatic rings. The van der Waals surface area contributed by atoms with Crippen LogP contribution in [-0.2, 0) is 13.1 Å². The highest BCUT2D eigenvalue weighted by molar-refractivity contribution is 6.31. The van der Waals surface area contributed by atoms with Crippen LogP contribution < -0.4 is 0 Å². The van der Waals surface area contributed by atoms with Crippen LogP contribution in [0.1, 0.15) is 54.6 Å². The Hall–Kier alpha value is -2.03. The van der Waals surface area contributed by atoms with E-state index in [9.17, 15) is 0 Å². The predicted molar refractivity (Wildman–Crippen MR) is 113 cm³/mol. The lowest BCUT2D eigenvalue weighted by atomic mass is 9.99. The molecule has 140 valence electrons. The number of aryl methyl sites for hydroxylation is 1. The molecule has 2 heterocycles. The van der Waals surface area contributed by atoms with Crippen molar-refractivity contribution in [2.24, 2.45) is 0 Å². The zero-order valence-corrected chi connectivity index (χ0v) is 16.9. The number of nitrogens with zero attached hydrogens (tertiary/aromatic N) is 2. The molecule has 1 atom stereocenters. The van der Waals surface area contributed by atoms with Crippen molar-refractivity contribution in [1.29, 1.82) is 0 Å². The van der Waals surface area contributed by atoms with Crippen molar-refractivity contribution < 1.29 is 0 Å². The zero-order valence-electron chi connectivity index (χ0n) is 16.1. The van der Waals surface area contributed by atoms with E-state index in [1.54, 1.807) is 0 Å². The molecule has 0 spiro atoms. The van der Waals surface area contributed by atoms with Crippen LogP contribution in [0.3, 0.4) is 0 Å². The van der Waals surface area contributed by atoms with Gasteiger partial charge in [0.15, 0.2) is 0 Å². The third kappa shape index (κ3) is 3.83. The van der Waals surface area contributed by atoms with E-state index in [2.05, 4.69) is 78.0 Å². The molecule has 2 aromatic carbocycles. The third-order valence-electron chi connectivity index (χ3n) is 5.59. The Bertz CT molecular complexity index is 895. The first-order chi connectivity index (χ1) is 13.1. The van der Waals surface area contributed by atoms with Crippen LogP contribution in [0.5, 0.6) is 0 Å². The topological polar surface area (TPSA) is 8.17 Å². The highest BCUT2D eigenvalue weighted by Crippen LogP contribution is 2.36. The van der Waals surface area contributed by atoms with Gasteiger partial charge in [-0.2, -0.15) is 0 Å². The van der Waals surface area contributed by atoms with E-state index in [1.807, 2.05) is 12.1 Å². The van der Waals surface area contributed by atoms with Gasteiger partial charge in [-0.25, -0.2) is 0 Å². The van der Waals surface area contributed by atoms with Gasteiger partial charge in [-0.3, -0.25) is 4.90 Å². The van der Waals surface area contributed by atoms with Crippen molar-refractivity contribution in [3.63, 3.8) is 0 Å². The van der Waals surface area contributed by atoms with Crippen LogP contribution in [0.4, 0.5) is 0 Å². The van der Waals surface area contributed by atoms with Gasteiger partial charge in [-0.1, -0.05) is 67.9 Å². The van der Waals surface area contributed by atoms with Gasteiger partial charge in [0.25, 0.3) is 0 Å². The van der Waals surface area contributed by atoms with Gasteiger partial charge in [0, 0.05) is 36.5 Å². The second-order valence-corrected chi connectivity index (χ2v) is 8.18. The molecule has 3 heteroatoms. The Morgan fingerprint density at radius 3 is 2.48 bits per heavy atom. The molecule has 1 aliphatic rings. The maximum Gasteiger partial charge on any atom is 0.0773 e. The number of fused-ring (bicyclic) bond motifs is 1. The Morgan fingerprint density at radius 2 is 1.74 bits per heavy atom. The summed E-state index contributed by atoms with van der Waals surface area (Å²) in [4.78, 5) is 2.57. The molecule has 0 saturated carbocycles. The van der Waals surface area contributed by atoms with Crippen LogP contribution in [0.25, 0.3) is 0 Å². The summed E-state index contributed by atoms with van der Waals surface area (Å²) in [5.74, 6) is 0.566. The first-order valence-electron chi connectivity index (χ1n) is 9.86. The fourth-order valence-electron chi connectivity index (χ4n) is 4.11. The second-order valence-electron chi connectivity index (χ2n) is 7.77. The minimum absolute atomic E-state index is 0.181. The summed E-state index contributed by atoms with van der Waals surface area (Å²) in [7, 11) is 0. The summed E-state index contributed by atoms with van der Waals surface area (Å²) in [6, 6.07) is 22.0. The van der Waals surface area contributed by atoms with Crippen molar-refractivity contribution in [1.82, 2.24) is 9.47 Å². The first-order valence-corrected chi connectivity index (χ1v) is 10.2. The Kier molecular flexibility index (Phi) is 5.38.